The SMILES string of the molecule is CCc1cc(S(N)(=O)=O)cc(C)c1NC(=O)C1CC1(C)C. The maximum atomic E-state index is 12.2. The maximum absolute atomic E-state index is 12.2. The molecule has 0 aromatic heterocycles. The number of aryl methyl sites for hydroxylation is 2. The molecule has 0 bridgehead atoms. The second kappa shape index (κ2) is 5.10. The molecule has 1 aromatic carbocycles. The van der Waals surface area contributed by atoms with Crippen molar-refractivity contribution >= 4 is 21.6 Å². The van der Waals surface area contributed by atoms with Crippen LogP contribution in [0, 0.1) is 18.3 Å². The number of nitrogens with two attached hydrogens (primary N) is 1. The minimum atomic E-state index is -3.74. The molecular weight excluding hydrogens is 288 g/mol. The molecule has 0 spiro atoms. The fraction of sp³-hybridized carbons (Fsp3) is 0.533. The summed E-state index contributed by atoms with van der Waals surface area (Å²) in [4.78, 5) is 12.3. The molecule has 1 aliphatic carbocycles. The van der Waals surface area contributed by atoms with Crippen LogP contribution in [0.15, 0.2) is 17.0 Å². The molecule has 116 valence electrons. The van der Waals surface area contributed by atoms with E-state index >= 15 is 0 Å². The zero-order valence-corrected chi connectivity index (χ0v) is 13.7. The summed E-state index contributed by atoms with van der Waals surface area (Å²) in [5.41, 5.74) is 2.26. The molecule has 0 radical (unpaired) electrons. The summed E-state index contributed by atoms with van der Waals surface area (Å²) in [5, 5.41) is 8.13. The summed E-state index contributed by atoms with van der Waals surface area (Å²) in [7, 11) is -3.74. The number of carbonyl (C=O) groups is 1. The number of carbonyl (C=O) groups excluding carboxylic acids is 1. The minimum absolute atomic E-state index is 0.00107. The second-order valence-corrected chi connectivity index (χ2v) is 7.97. The van der Waals surface area contributed by atoms with E-state index in [2.05, 4.69) is 19.2 Å². The highest BCUT2D eigenvalue weighted by Crippen LogP contribution is 2.52. The molecular formula is C15H22N2O3S. The van der Waals surface area contributed by atoms with E-state index in [9.17, 15) is 13.2 Å². The molecule has 0 saturated heterocycles. The third kappa shape index (κ3) is 3.27. The molecule has 1 unspecified atom stereocenters. The first-order valence-corrected chi connectivity index (χ1v) is 8.58. The second-order valence-electron chi connectivity index (χ2n) is 6.41. The standard InChI is InChI=1S/C15H22N2O3S/c1-5-10-7-11(21(16,19)20)6-9(2)13(10)17-14(18)12-8-15(12,3)4/h6-7,12H,5,8H2,1-4H3,(H,17,18)(H2,16,19,20). The molecule has 6 heteroatoms. The van der Waals surface area contributed by atoms with Crippen molar-refractivity contribution in [1.29, 1.82) is 0 Å². The van der Waals surface area contributed by atoms with Gasteiger partial charge in [0.15, 0.2) is 0 Å². The van der Waals surface area contributed by atoms with E-state index in [1.165, 1.54) is 12.1 Å². The number of rotatable bonds is 4. The lowest BCUT2D eigenvalue weighted by molar-refractivity contribution is -0.118. The third-order valence-corrected chi connectivity index (χ3v) is 5.07. The van der Waals surface area contributed by atoms with Crippen LogP contribution in [0.5, 0.6) is 0 Å². The predicted molar refractivity (Wildman–Crippen MR) is 82.4 cm³/mol. The first kappa shape index (κ1) is 16.0. The van der Waals surface area contributed by atoms with Crippen LogP contribution in [-0.2, 0) is 21.2 Å². The Morgan fingerprint density at radius 1 is 1.43 bits per heavy atom. The van der Waals surface area contributed by atoms with E-state index in [1.54, 1.807) is 6.92 Å². The molecule has 2 rings (SSSR count). The first-order chi connectivity index (χ1) is 9.56. The number of primary sulfonamides is 1. The Labute approximate surface area is 126 Å². The fourth-order valence-corrected chi connectivity index (χ4v) is 3.22. The molecule has 1 amide bonds. The van der Waals surface area contributed by atoms with Gasteiger partial charge < -0.3 is 5.32 Å². The molecule has 1 atom stereocenters. The zero-order chi connectivity index (χ0) is 16.0. The van der Waals surface area contributed by atoms with Crippen LogP contribution in [-0.4, -0.2) is 14.3 Å². The lowest BCUT2D eigenvalue weighted by Gasteiger charge is -2.15. The molecule has 21 heavy (non-hydrogen) atoms. The van der Waals surface area contributed by atoms with Crippen LogP contribution < -0.4 is 10.5 Å². The lowest BCUT2D eigenvalue weighted by atomic mass is 10.0. The zero-order valence-electron chi connectivity index (χ0n) is 12.9. The molecule has 1 aromatic rings. The van der Waals surface area contributed by atoms with Crippen LogP contribution in [0.2, 0.25) is 0 Å². The van der Waals surface area contributed by atoms with Gasteiger partial charge in [-0.3, -0.25) is 4.79 Å². The molecule has 1 aliphatic rings. The number of sulfonamides is 1. The number of anilines is 1. The maximum Gasteiger partial charge on any atom is 0.238 e. The Morgan fingerprint density at radius 2 is 2.00 bits per heavy atom. The van der Waals surface area contributed by atoms with Gasteiger partial charge >= 0.3 is 0 Å². The van der Waals surface area contributed by atoms with Gasteiger partial charge in [0.25, 0.3) is 0 Å². The fourth-order valence-electron chi connectivity index (χ4n) is 2.57. The summed E-state index contributed by atoms with van der Waals surface area (Å²) in [6.45, 7) is 7.82. The van der Waals surface area contributed by atoms with Crippen molar-refractivity contribution in [3.05, 3.63) is 23.3 Å². The largest absolute Gasteiger partial charge is 0.325 e. The van der Waals surface area contributed by atoms with Gasteiger partial charge in [0, 0.05) is 11.6 Å². The Morgan fingerprint density at radius 3 is 2.43 bits per heavy atom. The van der Waals surface area contributed by atoms with Gasteiger partial charge in [-0.2, -0.15) is 0 Å². The Balaban J connectivity index is 2.34. The van der Waals surface area contributed by atoms with Gasteiger partial charge in [-0.05, 0) is 48.4 Å². The molecule has 1 fully saturated rings. The van der Waals surface area contributed by atoms with Crippen molar-refractivity contribution in [2.75, 3.05) is 5.32 Å². The van der Waals surface area contributed by atoms with Crippen LogP contribution in [0.4, 0.5) is 5.69 Å². The lowest BCUT2D eigenvalue weighted by Crippen LogP contribution is -2.19. The van der Waals surface area contributed by atoms with E-state index < -0.39 is 10.0 Å². The van der Waals surface area contributed by atoms with Gasteiger partial charge in [-0.15, -0.1) is 0 Å². The Kier molecular flexibility index (Phi) is 3.88. The van der Waals surface area contributed by atoms with Crippen molar-refractivity contribution in [2.45, 2.75) is 45.4 Å². The van der Waals surface area contributed by atoms with Crippen molar-refractivity contribution < 1.29 is 13.2 Å². The average molecular weight is 310 g/mol. The summed E-state index contributed by atoms with van der Waals surface area (Å²) in [6.07, 6.45) is 1.50. The molecule has 3 N–H and O–H groups in total. The first-order valence-electron chi connectivity index (χ1n) is 7.03. The van der Waals surface area contributed by atoms with E-state index in [0.717, 1.165) is 12.0 Å². The highest BCUT2D eigenvalue weighted by Gasteiger charge is 2.50. The number of amides is 1. The van der Waals surface area contributed by atoms with Gasteiger partial charge in [0.1, 0.15) is 0 Å². The van der Waals surface area contributed by atoms with E-state index in [4.69, 9.17) is 5.14 Å². The van der Waals surface area contributed by atoms with Crippen LogP contribution in [0.1, 0.15) is 38.3 Å². The molecule has 5 nitrogen and oxygen atoms in total. The summed E-state index contributed by atoms with van der Waals surface area (Å²) < 4.78 is 23.0. The van der Waals surface area contributed by atoms with Gasteiger partial charge in [0.2, 0.25) is 15.9 Å². The normalized spacial score (nSPS) is 20.1. The van der Waals surface area contributed by atoms with Crippen LogP contribution in [0.25, 0.3) is 0 Å². The Hall–Kier alpha value is -1.40. The van der Waals surface area contributed by atoms with Gasteiger partial charge in [-0.25, -0.2) is 13.6 Å². The topological polar surface area (TPSA) is 89.3 Å². The van der Waals surface area contributed by atoms with Crippen molar-refractivity contribution in [3.63, 3.8) is 0 Å². The number of hydrogen-bond donors (Lipinski definition) is 2. The third-order valence-electron chi connectivity index (χ3n) is 4.18. The average Bonchev–Trinajstić information content (AvgIpc) is 2.99. The van der Waals surface area contributed by atoms with E-state index in [-0.39, 0.29) is 22.1 Å². The van der Waals surface area contributed by atoms with Gasteiger partial charge in [0.05, 0.1) is 4.90 Å². The Bertz CT molecular complexity index is 693. The van der Waals surface area contributed by atoms with Crippen molar-refractivity contribution in [2.24, 2.45) is 16.5 Å². The van der Waals surface area contributed by atoms with Crippen molar-refractivity contribution in [3.8, 4) is 0 Å². The quantitative estimate of drug-likeness (QED) is 0.893. The van der Waals surface area contributed by atoms with Crippen LogP contribution in [0.3, 0.4) is 0 Å². The smallest absolute Gasteiger partial charge is 0.238 e. The molecule has 0 aliphatic heterocycles. The highest BCUT2D eigenvalue weighted by molar-refractivity contribution is 7.89. The number of benzene rings is 1. The summed E-state index contributed by atoms with van der Waals surface area (Å²) in [5.74, 6) is 0.0284. The van der Waals surface area contributed by atoms with E-state index in [0.29, 0.717) is 17.7 Å². The summed E-state index contributed by atoms with van der Waals surface area (Å²) in [6, 6.07) is 3.04. The van der Waals surface area contributed by atoms with E-state index in [1.807, 2.05) is 6.92 Å². The summed E-state index contributed by atoms with van der Waals surface area (Å²) >= 11 is 0. The molecule has 1 saturated carbocycles. The highest BCUT2D eigenvalue weighted by atomic mass is 32.2. The molecule has 0 heterocycles. The number of hydrogen-bond acceptors (Lipinski definition) is 3. The van der Waals surface area contributed by atoms with Crippen LogP contribution >= 0.6 is 0 Å². The van der Waals surface area contributed by atoms with Crippen molar-refractivity contribution in [1.82, 2.24) is 0 Å². The number of nitrogens with one attached hydrogen (secondary N) is 1. The predicted octanol–water partition coefficient (Wildman–Crippen LogP) is 2.19. The van der Waals surface area contributed by atoms with Gasteiger partial charge in [-0.1, -0.05) is 20.8 Å². The minimum Gasteiger partial charge on any atom is -0.325 e. The monoisotopic (exact) mass is 310 g/mol.